The minimum atomic E-state index is -0.480. The van der Waals surface area contributed by atoms with Gasteiger partial charge >= 0.3 is 0 Å². The first kappa shape index (κ1) is 22.7. The van der Waals surface area contributed by atoms with Gasteiger partial charge in [-0.3, -0.25) is 14.9 Å². The molecule has 1 heterocycles. The number of para-hydroxylation sites is 1. The lowest BCUT2D eigenvalue weighted by Crippen LogP contribution is -2.21. The Hall–Kier alpha value is -5.04. The molecule has 36 heavy (non-hydrogen) atoms. The average molecular weight is 476 g/mol. The van der Waals surface area contributed by atoms with E-state index in [0.29, 0.717) is 29.3 Å². The van der Waals surface area contributed by atoms with Gasteiger partial charge in [0.15, 0.2) is 0 Å². The van der Waals surface area contributed by atoms with Gasteiger partial charge in [0.05, 0.1) is 16.2 Å². The smallest absolute Gasteiger partial charge is 0.281 e. The van der Waals surface area contributed by atoms with Crippen molar-refractivity contribution in [1.29, 1.82) is 0 Å². The molecule has 0 spiro atoms. The third-order valence-electron chi connectivity index (χ3n) is 5.69. The topological polar surface area (TPSA) is 85.0 Å². The number of nitro benzene ring substituents is 1. The number of hydrogen-bond donors (Lipinski definition) is 0. The number of hydrazone groups is 1. The lowest BCUT2D eigenvalue weighted by molar-refractivity contribution is -0.384. The van der Waals surface area contributed by atoms with Crippen LogP contribution in [0.2, 0.25) is 0 Å². The van der Waals surface area contributed by atoms with Crippen molar-refractivity contribution in [3.63, 3.8) is 0 Å². The minimum absolute atomic E-state index is 0.0575. The number of amides is 1. The molecule has 1 amide bonds. The number of nitro groups is 1. The number of carbonyl (C=O) groups is 1. The Labute approximate surface area is 207 Å². The fraction of sp³-hybridized carbons (Fsp3) is 0.0345. The minimum Gasteiger partial charge on any atom is -0.488 e. The van der Waals surface area contributed by atoms with E-state index < -0.39 is 4.92 Å². The number of benzene rings is 4. The van der Waals surface area contributed by atoms with E-state index in [4.69, 9.17) is 4.74 Å². The standard InChI is InChI=1S/C29H21N3O4/c33-29-26(19-23-13-7-8-14-27(23)36-20-21-9-3-1-4-10-21)28(22-11-5-2-6-12-22)30-31(29)24-15-17-25(18-16-24)32(34)35/h1-19H,20H2/b26-19+. The van der Waals surface area contributed by atoms with Crippen LogP contribution >= 0.6 is 0 Å². The second-order valence-corrected chi connectivity index (χ2v) is 8.08. The lowest BCUT2D eigenvalue weighted by Gasteiger charge is -2.12. The van der Waals surface area contributed by atoms with Crippen molar-refractivity contribution >= 4 is 29.1 Å². The van der Waals surface area contributed by atoms with Crippen LogP contribution in [0.15, 0.2) is 120 Å². The Morgan fingerprint density at radius 3 is 2.17 bits per heavy atom. The molecule has 7 heteroatoms. The Balaban J connectivity index is 1.52. The number of nitrogens with zero attached hydrogens (tertiary/aromatic N) is 3. The van der Waals surface area contributed by atoms with Crippen LogP contribution in [0.25, 0.3) is 6.08 Å². The van der Waals surface area contributed by atoms with Crippen molar-refractivity contribution in [1.82, 2.24) is 0 Å². The number of ether oxygens (including phenoxy) is 1. The molecular weight excluding hydrogens is 454 g/mol. The SMILES string of the molecule is O=C1/C(=C/c2ccccc2OCc2ccccc2)C(c2ccccc2)=NN1c1ccc([N+](=O)[O-])cc1. The Kier molecular flexibility index (Phi) is 6.36. The molecule has 0 aliphatic carbocycles. The predicted octanol–water partition coefficient (Wildman–Crippen LogP) is 6.01. The molecule has 0 saturated heterocycles. The van der Waals surface area contributed by atoms with Crippen molar-refractivity contribution in [2.45, 2.75) is 6.61 Å². The summed E-state index contributed by atoms with van der Waals surface area (Å²) in [7, 11) is 0. The van der Waals surface area contributed by atoms with Crippen LogP contribution in [0.3, 0.4) is 0 Å². The van der Waals surface area contributed by atoms with E-state index in [1.807, 2.05) is 84.9 Å². The zero-order chi connectivity index (χ0) is 24.9. The summed E-state index contributed by atoms with van der Waals surface area (Å²) in [5.41, 5.74) is 3.85. The zero-order valence-electron chi connectivity index (χ0n) is 19.2. The Bertz CT molecular complexity index is 1460. The van der Waals surface area contributed by atoms with Gasteiger partial charge in [-0.1, -0.05) is 78.9 Å². The summed E-state index contributed by atoms with van der Waals surface area (Å²) in [6, 6.07) is 32.5. The van der Waals surface area contributed by atoms with E-state index in [2.05, 4.69) is 5.10 Å². The summed E-state index contributed by atoms with van der Waals surface area (Å²) in [5.74, 6) is 0.309. The van der Waals surface area contributed by atoms with Crippen molar-refractivity contribution in [2.75, 3.05) is 5.01 Å². The van der Waals surface area contributed by atoms with E-state index in [1.165, 1.54) is 29.3 Å². The van der Waals surface area contributed by atoms with E-state index in [0.717, 1.165) is 16.7 Å². The number of anilines is 1. The molecule has 176 valence electrons. The van der Waals surface area contributed by atoms with E-state index in [-0.39, 0.29) is 11.6 Å². The van der Waals surface area contributed by atoms with Crippen LogP contribution in [0.4, 0.5) is 11.4 Å². The molecule has 0 fully saturated rings. The van der Waals surface area contributed by atoms with Gasteiger partial charge in [0, 0.05) is 23.3 Å². The molecule has 0 unspecified atom stereocenters. The fourth-order valence-electron chi connectivity index (χ4n) is 3.87. The first-order valence-electron chi connectivity index (χ1n) is 11.3. The lowest BCUT2D eigenvalue weighted by atomic mass is 10.00. The van der Waals surface area contributed by atoms with Crippen LogP contribution in [0, 0.1) is 10.1 Å². The monoisotopic (exact) mass is 475 g/mol. The van der Waals surface area contributed by atoms with E-state index in [9.17, 15) is 14.9 Å². The van der Waals surface area contributed by atoms with Gasteiger partial charge in [-0.15, -0.1) is 0 Å². The molecule has 0 atom stereocenters. The highest BCUT2D eigenvalue weighted by molar-refractivity contribution is 6.37. The molecule has 1 aliphatic heterocycles. The maximum atomic E-state index is 13.6. The molecule has 5 rings (SSSR count). The summed E-state index contributed by atoms with van der Waals surface area (Å²) >= 11 is 0. The quantitative estimate of drug-likeness (QED) is 0.186. The van der Waals surface area contributed by atoms with Crippen molar-refractivity contribution < 1.29 is 14.5 Å². The van der Waals surface area contributed by atoms with Crippen LogP contribution in [-0.2, 0) is 11.4 Å². The first-order valence-corrected chi connectivity index (χ1v) is 11.3. The summed E-state index contributed by atoms with van der Waals surface area (Å²) in [4.78, 5) is 24.1. The van der Waals surface area contributed by atoms with Crippen LogP contribution in [-0.4, -0.2) is 16.5 Å². The maximum absolute atomic E-state index is 13.6. The first-order chi connectivity index (χ1) is 17.6. The average Bonchev–Trinajstić information content (AvgIpc) is 3.25. The molecule has 4 aromatic carbocycles. The van der Waals surface area contributed by atoms with Crippen molar-refractivity contribution in [2.24, 2.45) is 5.10 Å². The van der Waals surface area contributed by atoms with E-state index >= 15 is 0 Å². The molecular formula is C29H21N3O4. The maximum Gasteiger partial charge on any atom is 0.281 e. The van der Waals surface area contributed by atoms with E-state index in [1.54, 1.807) is 6.08 Å². The molecule has 0 saturated carbocycles. The number of rotatable bonds is 7. The highest BCUT2D eigenvalue weighted by Crippen LogP contribution is 2.31. The summed E-state index contributed by atoms with van der Waals surface area (Å²) < 4.78 is 6.08. The van der Waals surface area contributed by atoms with Crippen LogP contribution in [0.1, 0.15) is 16.7 Å². The second-order valence-electron chi connectivity index (χ2n) is 8.08. The molecule has 1 aliphatic rings. The van der Waals surface area contributed by atoms with Crippen molar-refractivity contribution in [3.8, 4) is 5.75 Å². The largest absolute Gasteiger partial charge is 0.488 e. The third-order valence-corrected chi connectivity index (χ3v) is 5.69. The second kappa shape index (κ2) is 10.1. The molecule has 0 N–H and O–H groups in total. The molecule has 0 radical (unpaired) electrons. The normalized spacial score (nSPS) is 14.1. The zero-order valence-corrected chi connectivity index (χ0v) is 19.2. The summed E-state index contributed by atoms with van der Waals surface area (Å²) in [6.45, 7) is 0.392. The summed E-state index contributed by atoms with van der Waals surface area (Å²) in [5, 5.41) is 16.9. The Morgan fingerprint density at radius 2 is 1.47 bits per heavy atom. The summed E-state index contributed by atoms with van der Waals surface area (Å²) in [6.07, 6.45) is 1.78. The van der Waals surface area contributed by atoms with Gasteiger partial charge in [0.25, 0.3) is 11.6 Å². The van der Waals surface area contributed by atoms with Crippen LogP contribution in [0.5, 0.6) is 5.75 Å². The van der Waals surface area contributed by atoms with Gasteiger partial charge in [0.1, 0.15) is 18.1 Å². The molecule has 0 aromatic heterocycles. The number of non-ortho nitro benzene ring substituents is 1. The van der Waals surface area contributed by atoms with Crippen LogP contribution < -0.4 is 9.75 Å². The highest BCUT2D eigenvalue weighted by atomic mass is 16.6. The highest BCUT2D eigenvalue weighted by Gasteiger charge is 2.32. The fourth-order valence-corrected chi connectivity index (χ4v) is 3.87. The predicted molar refractivity (Wildman–Crippen MR) is 139 cm³/mol. The molecule has 0 bridgehead atoms. The molecule has 4 aromatic rings. The van der Waals surface area contributed by atoms with Crippen molar-refractivity contribution in [3.05, 3.63) is 142 Å². The van der Waals surface area contributed by atoms with Gasteiger partial charge in [-0.25, -0.2) is 0 Å². The van der Waals surface area contributed by atoms with Gasteiger partial charge < -0.3 is 4.74 Å². The Morgan fingerprint density at radius 1 is 0.833 bits per heavy atom. The number of carbonyl (C=O) groups excluding carboxylic acids is 1. The van der Waals surface area contributed by atoms with Gasteiger partial charge in [-0.05, 0) is 29.8 Å². The molecule has 7 nitrogen and oxygen atoms in total. The van der Waals surface area contributed by atoms with Gasteiger partial charge in [-0.2, -0.15) is 10.1 Å². The third kappa shape index (κ3) is 4.76. The number of hydrogen-bond acceptors (Lipinski definition) is 5. The van der Waals surface area contributed by atoms with Gasteiger partial charge in [0.2, 0.25) is 0 Å².